The van der Waals surface area contributed by atoms with Gasteiger partial charge in [-0.1, -0.05) is 35.3 Å². The Hall–Kier alpha value is -3.43. The third kappa shape index (κ3) is 4.74. The lowest BCUT2D eigenvalue weighted by Gasteiger charge is -2.12. The van der Waals surface area contributed by atoms with Gasteiger partial charge in [-0.15, -0.1) is 0 Å². The van der Waals surface area contributed by atoms with Gasteiger partial charge in [0.25, 0.3) is 5.69 Å². The van der Waals surface area contributed by atoms with E-state index in [0.29, 0.717) is 5.56 Å². The Balaban J connectivity index is 1.93. The molecule has 0 atom stereocenters. The number of hydrogen-bond acceptors (Lipinski definition) is 7. The average molecular weight is 479 g/mol. The zero-order valence-electron chi connectivity index (χ0n) is 17.1. The minimum Gasteiger partial charge on any atom is -0.495 e. The van der Waals surface area contributed by atoms with E-state index >= 15 is 0 Å². The number of aromatic nitrogens is 2. The number of benzene rings is 2. The van der Waals surface area contributed by atoms with Crippen LogP contribution >= 0.6 is 23.2 Å². The molecule has 0 saturated heterocycles. The first-order chi connectivity index (χ1) is 15.3. The van der Waals surface area contributed by atoms with Crippen LogP contribution in [0, 0.1) is 17.0 Å². The van der Waals surface area contributed by atoms with Crippen molar-refractivity contribution in [2.24, 2.45) is 0 Å². The quantitative estimate of drug-likeness (QED) is 0.317. The Labute approximate surface area is 192 Å². The van der Waals surface area contributed by atoms with E-state index in [-0.39, 0.29) is 50.0 Å². The molecule has 8 nitrogen and oxygen atoms in total. The highest BCUT2D eigenvalue weighted by molar-refractivity contribution is 6.39. The molecule has 1 heterocycles. The van der Waals surface area contributed by atoms with Gasteiger partial charge < -0.3 is 14.8 Å². The number of aryl methyl sites for hydroxylation is 1. The zero-order chi connectivity index (χ0) is 23.4. The summed E-state index contributed by atoms with van der Waals surface area (Å²) in [6, 6.07) is 6.14. The van der Waals surface area contributed by atoms with Crippen LogP contribution in [0.4, 0.5) is 21.7 Å². The van der Waals surface area contributed by atoms with Crippen LogP contribution in [0.15, 0.2) is 36.7 Å². The molecule has 0 unspecified atom stereocenters. The van der Waals surface area contributed by atoms with Crippen LogP contribution in [-0.4, -0.2) is 29.1 Å². The predicted molar refractivity (Wildman–Crippen MR) is 122 cm³/mol. The van der Waals surface area contributed by atoms with Crippen LogP contribution in [-0.2, 0) is 0 Å². The van der Waals surface area contributed by atoms with E-state index in [9.17, 15) is 14.5 Å². The zero-order valence-corrected chi connectivity index (χ0v) is 18.7. The molecule has 0 aliphatic carbocycles. The molecule has 1 N–H and O–H groups in total. The molecule has 2 aromatic carbocycles. The summed E-state index contributed by atoms with van der Waals surface area (Å²) in [5.74, 6) is -0.110. The van der Waals surface area contributed by atoms with Crippen molar-refractivity contribution in [3.8, 4) is 11.5 Å². The van der Waals surface area contributed by atoms with Crippen molar-refractivity contribution >= 4 is 52.4 Å². The summed E-state index contributed by atoms with van der Waals surface area (Å²) < 4.78 is 25.3. The Morgan fingerprint density at radius 2 is 1.75 bits per heavy atom. The molecule has 0 aliphatic heterocycles. The molecule has 32 heavy (non-hydrogen) atoms. The normalized spacial score (nSPS) is 11.2. The van der Waals surface area contributed by atoms with Crippen molar-refractivity contribution in [1.82, 2.24) is 9.97 Å². The number of halogens is 3. The third-order valence-corrected chi connectivity index (χ3v) is 5.27. The number of nitro groups is 1. The number of hydrogen-bond donors (Lipinski definition) is 1. The van der Waals surface area contributed by atoms with Gasteiger partial charge in [-0.05, 0) is 18.6 Å². The first kappa shape index (κ1) is 23.2. The first-order valence-corrected chi connectivity index (χ1v) is 9.83. The van der Waals surface area contributed by atoms with Gasteiger partial charge in [0, 0.05) is 35.7 Å². The number of rotatable bonds is 7. The van der Waals surface area contributed by atoms with E-state index < -0.39 is 10.8 Å². The van der Waals surface area contributed by atoms with Gasteiger partial charge >= 0.3 is 0 Å². The summed E-state index contributed by atoms with van der Waals surface area (Å²) in [5, 5.41) is 14.3. The standard InChI is InChI=1S/C21H17Cl2FN4O4/c1-11-5-4-6-15(28(29)30)20(11)27-21-25-9-12(10-26-21)14(24)7-13-18(22)16(31-2)8-17(32-3)19(13)23/h4-10H,1-3H3,(H,25,26,27)/b14-7-. The first-order valence-electron chi connectivity index (χ1n) is 9.07. The molecular formula is C21H17Cl2FN4O4. The van der Waals surface area contributed by atoms with Crippen molar-refractivity contribution < 1.29 is 18.8 Å². The smallest absolute Gasteiger partial charge is 0.293 e. The lowest BCUT2D eigenvalue weighted by Crippen LogP contribution is -2.02. The topological polar surface area (TPSA) is 99.4 Å². The van der Waals surface area contributed by atoms with Crippen molar-refractivity contribution in [2.45, 2.75) is 6.92 Å². The fraction of sp³-hybridized carbons (Fsp3) is 0.143. The van der Waals surface area contributed by atoms with Crippen molar-refractivity contribution in [3.05, 3.63) is 73.5 Å². The maximum absolute atomic E-state index is 14.9. The summed E-state index contributed by atoms with van der Waals surface area (Å²) in [7, 11) is 2.83. The number of ether oxygens (including phenoxy) is 2. The highest BCUT2D eigenvalue weighted by Crippen LogP contribution is 2.42. The van der Waals surface area contributed by atoms with Gasteiger partial charge in [-0.25, -0.2) is 14.4 Å². The molecular weight excluding hydrogens is 462 g/mol. The fourth-order valence-electron chi connectivity index (χ4n) is 2.84. The van der Waals surface area contributed by atoms with Gasteiger partial charge in [0.1, 0.15) is 23.0 Å². The lowest BCUT2D eigenvalue weighted by atomic mass is 10.1. The number of nitro benzene ring substituents is 1. The van der Waals surface area contributed by atoms with E-state index in [0.717, 1.165) is 6.08 Å². The molecule has 0 bridgehead atoms. The van der Waals surface area contributed by atoms with Crippen LogP contribution in [0.2, 0.25) is 10.0 Å². The highest BCUT2D eigenvalue weighted by atomic mass is 35.5. The van der Waals surface area contributed by atoms with Gasteiger partial charge in [-0.2, -0.15) is 0 Å². The third-order valence-electron chi connectivity index (χ3n) is 4.49. The minimum atomic E-state index is -0.711. The second kappa shape index (κ2) is 9.80. The number of nitrogens with zero attached hydrogens (tertiary/aromatic N) is 3. The van der Waals surface area contributed by atoms with E-state index in [1.165, 1.54) is 38.7 Å². The maximum Gasteiger partial charge on any atom is 0.293 e. The van der Waals surface area contributed by atoms with Crippen molar-refractivity contribution in [2.75, 3.05) is 19.5 Å². The van der Waals surface area contributed by atoms with Crippen LogP contribution in [0.1, 0.15) is 16.7 Å². The second-order valence-corrected chi connectivity index (χ2v) is 7.22. The van der Waals surface area contributed by atoms with E-state index in [4.69, 9.17) is 32.7 Å². The number of nitrogens with one attached hydrogen (secondary N) is 1. The van der Waals surface area contributed by atoms with E-state index in [2.05, 4.69) is 15.3 Å². The molecule has 166 valence electrons. The summed E-state index contributed by atoms with van der Waals surface area (Å²) in [6.45, 7) is 1.71. The van der Waals surface area contributed by atoms with Gasteiger partial charge in [0.15, 0.2) is 0 Å². The molecule has 0 saturated carbocycles. The monoisotopic (exact) mass is 478 g/mol. The maximum atomic E-state index is 14.9. The Morgan fingerprint density at radius 3 is 2.28 bits per heavy atom. The van der Waals surface area contributed by atoms with Gasteiger partial charge in [0.05, 0.1) is 29.2 Å². The van der Waals surface area contributed by atoms with Crippen molar-refractivity contribution in [3.63, 3.8) is 0 Å². The molecule has 0 spiro atoms. The molecule has 3 aromatic rings. The van der Waals surface area contributed by atoms with Crippen LogP contribution in [0.25, 0.3) is 11.9 Å². The summed E-state index contributed by atoms with van der Waals surface area (Å²) >= 11 is 12.5. The number of methoxy groups -OCH3 is 2. The summed E-state index contributed by atoms with van der Waals surface area (Å²) in [5.41, 5.74) is 0.973. The molecule has 11 heteroatoms. The summed E-state index contributed by atoms with van der Waals surface area (Å²) in [6.07, 6.45) is 3.57. The number of anilines is 2. The minimum absolute atomic E-state index is 0.0451. The largest absolute Gasteiger partial charge is 0.495 e. The second-order valence-electron chi connectivity index (χ2n) is 6.46. The van der Waals surface area contributed by atoms with Crippen molar-refractivity contribution in [1.29, 1.82) is 0 Å². The van der Waals surface area contributed by atoms with Gasteiger partial charge in [-0.3, -0.25) is 10.1 Å². The highest BCUT2D eigenvalue weighted by Gasteiger charge is 2.18. The average Bonchev–Trinajstić information content (AvgIpc) is 2.78. The van der Waals surface area contributed by atoms with Crippen LogP contribution < -0.4 is 14.8 Å². The Kier molecular flexibility index (Phi) is 7.12. The van der Waals surface area contributed by atoms with E-state index in [1.807, 2.05) is 0 Å². The molecule has 0 fully saturated rings. The Morgan fingerprint density at radius 1 is 1.16 bits per heavy atom. The lowest BCUT2D eigenvalue weighted by molar-refractivity contribution is -0.384. The predicted octanol–water partition coefficient (Wildman–Crippen LogP) is 6.23. The molecule has 1 aromatic heterocycles. The SMILES string of the molecule is COc1cc(OC)c(Cl)c(/C=C(\F)c2cnc(Nc3c(C)cccc3[N+](=O)[O-])nc2)c1Cl. The van der Waals surface area contributed by atoms with Gasteiger partial charge in [0.2, 0.25) is 5.95 Å². The summed E-state index contributed by atoms with van der Waals surface area (Å²) in [4.78, 5) is 18.8. The molecule has 3 rings (SSSR count). The van der Waals surface area contributed by atoms with Crippen LogP contribution in [0.5, 0.6) is 11.5 Å². The molecule has 0 radical (unpaired) electrons. The fourth-order valence-corrected chi connectivity index (χ4v) is 3.45. The Bertz CT molecular complexity index is 1180. The molecule has 0 aliphatic rings. The molecule has 0 amide bonds. The van der Waals surface area contributed by atoms with E-state index in [1.54, 1.807) is 19.1 Å². The number of para-hydroxylation sites is 1. The van der Waals surface area contributed by atoms with Crippen LogP contribution in [0.3, 0.4) is 0 Å².